The lowest BCUT2D eigenvalue weighted by Gasteiger charge is -2.44. The standard InChI is InChI=1S/C16H24N2O/c1-18(12-16(11-17)7-3-8-16)14-5-6-15-13(10-14)4-2-9-19-15/h5-6,10H,2-4,7-9,11-12,17H2,1H3. The monoisotopic (exact) mass is 260 g/mol. The Balaban J connectivity index is 1.74. The van der Waals surface area contributed by atoms with E-state index >= 15 is 0 Å². The maximum Gasteiger partial charge on any atom is 0.122 e. The largest absolute Gasteiger partial charge is 0.493 e. The van der Waals surface area contributed by atoms with Gasteiger partial charge in [0.1, 0.15) is 5.75 Å². The fourth-order valence-electron chi connectivity index (χ4n) is 3.28. The van der Waals surface area contributed by atoms with Gasteiger partial charge in [0.2, 0.25) is 0 Å². The first-order valence-corrected chi connectivity index (χ1v) is 7.39. The molecule has 0 aromatic heterocycles. The lowest BCUT2D eigenvalue weighted by molar-refractivity contribution is 0.154. The number of rotatable bonds is 4. The molecule has 0 spiro atoms. The summed E-state index contributed by atoms with van der Waals surface area (Å²) >= 11 is 0. The quantitative estimate of drug-likeness (QED) is 0.904. The number of nitrogens with two attached hydrogens (primary N) is 1. The number of nitrogens with zero attached hydrogens (tertiary/aromatic N) is 1. The van der Waals surface area contributed by atoms with Crippen LogP contribution in [0.15, 0.2) is 18.2 Å². The molecule has 1 aromatic rings. The van der Waals surface area contributed by atoms with Gasteiger partial charge in [-0.25, -0.2) is 0 Å². The number of fused-ring (bicyclic) bond motifs is 1. The molecular weight excluding hydrogens is 236 g/mol. The third-order valence-corrected chi connectivity index (χ3v) is 4.75. The first-order valence-electron chi connectivity index (χ1n) is 7.39. The molecular formula is C16H24N2O. The Morgan fingerprint density at radius 3 is 2.84 bits per heavy atom. The summed E-state index contributed by atoms with van der Waals surface area (Å²) in [6.07, 6.45) is 6.17. The van der Waals surface area contributed by atoms with Crippen molar-refractivity contribution >= 4 is 5.69 Å². The summed E-state index contributed by atoms with van der Waals surface area (Å²) < 4.78 is 5.67. The Morgan fingerprint density at radius 1 is 1.32 bits per heavy atom. The third-order valence-electron chi connectivity index (χ3n) is 4.75. The highest BCUT2D eigenvalue weighted by molar-refractivity contribution is 5.53. The second kappa shape index (κ2) is 5.04. The van der Waals surface area contributed by atoms with E-state index in [9.17, 15) is 0 Å². The number of hydrogen-bond donors (Lipinski definition) is 1. The van der Waals surface area contributed by atoms with Crippen LogP contribution in [0.1, 0.15) is 31.2 Å². The number of anilines is 1. The average molecular weight is 260 g/mol. The number of ether oxygens (including phenoxy) is 1. The molecule has 1 aromatic carbocycles. The van der Waals surface area contributed by atoms with Crippen molar-refractivity contribution in [1.82, 2.24) is 0 Å². The van der Waals surface area contributed by atoms with E-state index in [2.05, 4.69) is 30.1 Å². The molecule has 1 saturated carbocycles. The normalized spacial score (nSPS) is 20.1. The van der Waals surface area contributed by atoms with Crippen LogP contribution in [0.4, 0.5) is 5.69 Å². The van der Waals surface area contributed by atoms with E-state index < -0.39 is 0 Å². The van der Waals surface area contributed by atoms with Gasteiger partial charge in [0.25, 0.3) is 0 Å². The van der Waals surface area contributed by atoms with Crippen LogP contribution in [0.25, 0.3) is 0 Å². The molecule has 0 amide bonds. The van der Waals surface area contributed by atoms with Crippen LogP contribution >= 0.6 is 0 Å². The molecule has 1 fully saturated rings. The fraction of sp³-hybridized carbons (Fsp3) is 0.625. The molecule has 1 aliphatic carbocycles. The Hall–Kier alpha value is -1.22. The van der Waals surface area contributed by atoms with E-state index in [0.29, 0.717) is 5.41 Å². The lowest BCUT2D eigenvalue weighted by atomic mass is 9.68. The maximum atomic E-state index is 5.96. The predicted molar refractivity (Wildman–Crippen MR) is 78.9 cm³/mol. The van der Waals surface area contributed by atoms with Crippen molar-refractivity contribution in [3.8, 4) is 5.75 Å². The molecule has 1 aliphatic heterocycles. The van der Waals surface area contributed by atoms with Gasteiger partial charge in [-0.1, -0.05) is 6.42 Å². The van der Waals surface area contributed by atoms with Crippen molar-refractivity contribution in [3.05, 3.63) is 23.8 Å². The third kappa shape index (κ3) is 2.44. The maximum absolute atomic E-state index is 5.96. The highest BCUT2D eigenvalue weighted by atomic mass is 16.5. The van der Waals surface area contributed by atoms with Gasteiger partial charge in [0, 0.05) is 24.7 Å². The van der Waals surface area contributed by atoms with E-state index in [1.54, 1.807) is 0 Å². The van der Waals surface area contributed by atoms with Gasteiger partial charge in [-0.3, -0.25) is 0 Å². The van der Waals surface area contributed by atoms with Gasteiger partial charge in [0.05, 0.1) is 6.61 Å². The summed E-state index contributed by atoms with van der Waals surface area (Å²) in [6.45, 7) is 2.74. The van der Waals surface area contributed by atoms with Crippen molar-refractivity contribution in [3.63, 3.8) is 0 Å². The van der Waals surface area contributed by atoms with E-state index in [4.69, 9.17) is 10.5 Å². The minimum Gasteiger partial charge on any atom is -0.493 e. The van der Waals surface area contributed by atoms with E-state index in [1.165, 1.54) is 30.5 Å². The van der Waals surface area contributed by atoms with Gasteiger partial charge in [0.15, 0.2) is 0 Å². The second-order valence-corrected chi connectivity index (χ2v) is 6.16. The minimum absolute atomic E-state index is 0.362. The molecule has 1 heterocycles. The van der Waals surface area contributed by atoms with Crippen LogP contribution in [0.5, 0.6) is 5.75 Å². The Kier molecular flexibility index (Phi) is 3.40. The smallest absolute Gasteiger partial charge is 0.122 e. The van der Waals surface area contributed by atoms with Crippen molar-refractivity contribution in [2.45, 2.75) is 32.1 Å². The van der Waals surface area contributed by atoms with Crippen LogP contribution in [0.2, 0.25) is 0 Å². The lowest BCUT2D eigenvalue weighted by Crippen LogP contribution is -2.46. The molecule has 3 nitrogen and oxygen atoms in total. The Bertz CT molecular complexity index is 449. The van der Waals surface area contributed by atoms with Crippen LogP contribution in [0, 0.1) is 5.41 Å². The topological polar surface area (TPSA) is 38.5 Å². The number of benzene rings is 1. The molecule has 0 saturated heterocycles. The van der Waals surface area contributed by atoms with Gasteiger partial charge < -0.3 is 15.4 Å². The highest BCUT2D eigenvalue weighted by Gasteiger charge is 2.36. The summed E-state index contributed by atoms with van der Waals surface area (Å²) in [5, 5.41) is 0. The molecule has 2 N–H and O–H groups in total. The molecule has 0 atom stereocenters. The molecule has 2 aliphatic rings. The predicted octanol–water partition coefficient (Wildman–Crippen LogP) is 2.58. The molecule has 3 heteroatoms. The van der Waals surface area contributed by atoms with Gasteiger partial charge >= 0.3 is 0 Å². The zero-order valence-electron chi connectivity index (χ0n) is 11.8. The average Bonchev–Trinajstić information content (AvgIpc) is 2.42. The van der Waals surface area contributed by atoms with Crippen molar-refractivity contribution < 1.29 is 4.74 Å². The fourth-order valence-corrected chi connectivity index (χ4v) is 3.28. The molecule has 19 heavy (non-hydrogen) atoms. The summed E-state index contributed by atoms with van der Waals surface area (Å²) in [4.78, 5) is 2.36. The first kappa shape index (κ1) is 12.8. The van der Waals surface area contributed by atoms with Crippen molar-refractivity contribution in [2.24, 2.45) is 11.1 Å². The molecule has 104 valence electrons. The first-order chi connectivity index (χ1) is 9.22. The molecule has 0 unspecified atom stereocenters. The summed E-state index contributed by atoms with van der Waals surface area (Å²) in [5.74, 6) is 1.07. The second-order valence-electron chi connectivity index (χ2n) is 6.16. The molecule has 3 rings (SSSR count). The van der Waals surface area contributed by atoms with Gasteiger partial charge in [-0.2, -0.15) is 0 Å². The summed E-state index contributed by atoms with van der Waals surface area (Å²) in [6, 6.07) is 6.58. The van der Waals surface area contributed by atoms with Crippen LogP contribution in [-0.4, -0.2) is 26.7 Å². The van der Waals surface area contributed by atoms with Crippen molar-refractivity contribution in [1.29, 1.82) is 0 Å². The summed E-state index contributed by atoms with van der Waals surface area (Å²) in [7, 11) is 2.18. The van der Waals surface area contributed by atoms with Crippen LogP contribution < -0.4 is 15.4 Å². The Morgan fingerprint density at radius 2 is 2.16 bits per heavy atom. The van der Waals surface area contributed by atoms with Crippen LogP contribution in [-0.2, 0) is 6.42 Å². The zero-order valence-corrected chi connectivity index (χ0v) is 11.8. The van der Waals surface area contributed by atoms with E-state index in [-0.39, 0.29) is 0 Å². The zero-order chi connectivity index (χ0) is 13.3. The minimum atomic E-state index is 0.362. The highest BCUT2D eigenvalue weighted by Crippen LogP contribution is 2.41. The SMILES string of the molecule is CN(CC1(CN)CCC1)c1ccc2c(c1)CCCO2. The number of aryl methyl sites for hydroxylation is 1. The van der Waals surface area contributed by atoms with E-state index in [1.807, 2.05) is 0 Å². The summed E-state index contributed by atoms with van der Waals surface area (Å²) in [5.41, 5.74) is 8.97. The number of hydrogen-bond acceptors (Lipinski definition) is 3. The molecule has 0 bridgehead atoms. The Labute approximate surface area is 115 Å². The van der Waals surface area contributed by atoms with Crippen molar-refractivity contribution in [2.75, 3.05) is 31.6 Å². The molecule has 0 radical (unpaired) electrons. The van der Waals surface area contributed by atoms with E-state index in [0.717, 1.165) is 38.3 Å². The van der Waals surface area contributed by atoms with Gasteiger partial charge in [-0.05, 0) is 56.0 Å². The van der Waals surface area contributed by atoms with Gasteiger partial charge in [-0.15, -0.1) is 0 Å². The van der Waals surface area contributed by atoms with Crippen LogP contribution in [0.3, 0.4) is 0 Å².